The van der Waals surface area contributed by atoms with Crippen molar-refractivity contribution in [1.82, 2.24) is 14.5 Å². The molecule has 2 aromatic rings. The van der Waals surface area contributed by atoms with E-state index in [1.165, 1.54) is 5.57 Å². The number of hydrogen-bond acceptors (Lipinski definition) is 2. The van der Waals surface area contributed by atoms with Gasteiger partial charge in [0.05, 0.1) is 11.0 Å². The van der Waals surface area contributed by atoms with Crippen LogP contribution in [0.1, 0.15) is 19.4 Å². The standard InChI is InChI=1S/C14H16ClN3S/c1-9(2)7-17-5-6-18-13-10(8-17)11(15)3-4-12(13)16-14(18)19/h3-4,7H,5-6,8H2,1-2H3,(H,16,19). The van der Waals surface area contributed by atoms with Crippen molar-refractivity contribution >= 4 is 34.9 Å². The first-order valence-electron chi connectivity index (χ1n) is 6.35. The minimum atomic E-state index is 0.776. The van der Waals surface area contributed by atoms with Crippen LogP contribution in [0.2, 0.25) is 5.02 Å². The summed E-state index contributed by atoms with van der Waals surface area (Å²) in [6.07, 6.45) is 2.19. The van der Waals surface area contributed by atoms with E-state index in [0.29, 0.717) is 0 Å². The van der Waals surface area contributed by atoms with E-state index >= 15 is 0 Å². The van der Waals surface area contributed by atoms with Crippen LogP contribution in [0.3, 0.4) is 0 Å². The summed E-state index contributed by atoms with van der Waals surface area (Å²) in [5.41, 5.74) is 4.67. The molecule has 100 valence electrons. The SMILES string of the molecule is CC(C)=CN1CCn2c(=S)[nH]c3ccc(Cl)c(c32)C1. The first-order chi connectivity index (χ1) is 9.06. The number of aromatic nitrogens is 2. The Morgan fingerprint density at radius 2 is 2.16 bits per heavy atom. The van der Waals surface area contributed by atoms with Gasteiger partial charge in [0, 0.05) is 30.2 Å². The van der Waals surface area contributed by atoms with Gasteiger partial charge in [-0.25, -0.2) is 0 Å². The number of allylic oxidation sites excluding steroid dienone is 1. The maximum atomic E-state index is 6.38. The van der Waals surface area contributed by atoms with E-state index in [9.17, 15) is 0 Å². The fourth-order valence-corrected chi connectivity index (χ4v) is 3.16. The van der Waals surface area contributed by atoms with Crippen molar-refractivity contribution in [2.24, 2.45) is 0 Å². The van der Waals surface area contributed by atoms with Gasteiger partial charge in [0.25, 0.3) is 0 Å². The smallest absolute Gasteiger partial charge is 0.178 e. The number of rotatable bonds is 1. The number of benzene rings is 1. The molecule has 0 saturated heterocycles. The molecule has 5 heteroatoms. The number of imidazole rings is 1. The van der Waals surface area contributed by atoms with Crippen molar-refractivity contribution in [3.8, 4) is 0 Å². The van der Waals surface area contributed by atoms with Gasteiger partial charge in [-0.05, 0) is 44.4 Å². The molecule has 1 aliphatic rings. The van der Waals surface area contributed by atoms with Crippen LogP contribution >= 0.6 is 23.8 Å². The zero-order valence-electron chi connectivity index (χ0n) is 11.0. The number of aromatic amines is 1. The van der Waals surface area contributed by atoms with Gasteiger partial charge in [0.15, 0.2) is 4.77 Å². The normalized spacial score (nSPS) is 14.6. The van der Waals surface area contributed by atoms with E-state index in [1.54, 1.807) is 0 Å². The van der Waals surface area contributed by atoms with E-state index in [2.05, 4.69) is 34.5 Å². The van der Waals surface area contributed by atoms with Crippen LogP contribution in [0.15, 0.2) is 23.9 Å². The molecule has 0 fully saturated rings. The quantitative estimate of drug-likeness (QED) is 0.801. The summed E-state index contributed by atoms with van der Waals surface area (Å²) < 4.78 is 2.93. The first-order valence-corrected chi connectivity index (χ1v) is 7.14. The molecular formula is C14H16ClN3S. The van der Waals surface area contributed by atoms with Gasteiger partial charge in [0.2, 0.25) is 0 Å². The molecule has 0 spiro atoms. The zero-order valence-corrected chi connectivity index (χ0v) is 12.6. The minimum Gasteiger partial charge on any atom is -0.371 e. The Morgan fingerprint density at radius 3 is 2.89 bits per heavy atom. The lowest BCUT2D eigenvalue weighted by Gasteiger charge is -2.19. The summed E-state index contributed by atoms with van der Waals surface area (Å²) in [6, 6.07) is 3.95. The molecule has 0 amide bonds. The van der Waals surface area contributed by atoms with Gasteiger partial charge in [-0.3, -0.25) is 0 Å². The van der Waals surface area contributed by atoms with Gasteiger partial charge in [-0.1, -0.05) is 17.2 Å². The Morgan fingerprint density at radius 1 is 1.37 bits per heavy atom. The topological polar surface area (TPSA) is 24.0 Å². The molecule has 0 aliphatic carbocycles. The fraction of sp³-hybridized carbons (Fsp3) is 0.357. The molecule has 2 heterocycles. The van der Waals surface area contributed by atoms with Crippen LogP contribution in [0.25, 0.3) is 11.0 Å². The Labute approximate surface area is 122 Å². The van der Waals surface area contributed by atoms with Crippen molar-refractivity contribution in [3.63, 3.8) is 0 Å². The summed E-state index contributed by atoms with van der Waals surface area (Å²) in [5, 5.41) is 0.810. The third-order valence-corrected chi connectivity index (χ3v) is 4.07. The third kappa shape index (κ3) is 2.19. The number of halogens is 1. The number of nitrogens with zero attached hydrogens (tertiary/aromatic N) is 2. The predicted molar refractivity (Wildman–Crippen MR) is 82.0 cm³/mol. The average molecular weight is 294 g/mol. The average Bonchev–Trinajstić information content (AvgIpc) is 2.54. The van der Waals surface area contributed by atoms with Gasteiger partial charge in [-0.15, -0.1) is 0 Å². The molecule has 0 saturated carbocycles. The van der Waals surface area contributed by atoms with Crippen LogP contribution in [0.5, 0.6) is 0 Å². The van der Waals surface area contributed by atoms with Gasteiger partial charge in [0.1, 0.15) is 0 Å². The summed E-state index contributed by atoms with van der Waals surface area (Å²) in [5.74, 6) is 0. The Balaban J connectivity index is 2.21. The number of H-pyrrole nitrogens is 1. The Hall–Kier alpha value is -1.26. The number of hydrogen-bond donors (Lipinski definition) is 1. The van der Waals surface area contributed by atoms with Crippen LogP contribution in [0.4, 0.5) is 0 Å². The third-order valence-electron chi connectivity index (χ3n) is 3.40. The molecule has 0 radical (unpaired) electrons. The molecule has 0 unspecified atom stereocenters. The molecule has 3 nitrogen and oxygen atoms in total. The highest BCUT2D eigenvalue weighted by Crippen LogP contribution is 2.29. The largest absolute Gasteiger partial charge is 0.371 e. The molecule has 0 bridgehead atoms. The molecular weight excluding hydrogens is 278 g/mol. The van der Waals surface area contributed by atoms with Crippen molar-refractivity contribution in [2.75, 3.05) is 6.54 Å². The molecule has 1 N–H and O–H groups in total. The molecule has 1 aliphatic heterocycles. The second-order valence-corrected chi connectivity index (χ2v) is 5.97. The van der Waals surface area contributed by atoms with Crippen LogP contribution in [-0.2, 0) is 13.1 Å². The molecule has 19 heavy (non-hydrogen) atoms. The second kappa shape index (κ2) is 4.69. The molecule has 1 aromatic heterocycles. The van der Waals surface area contributed by atoms with Crippen molar-refractivity contribution in [2.45, 2.75) is 26.9 Å². The molecule has 3 rings (SSSR count). The van der Waals surface area contributed by atoms with Crippen molar-refractivity contribution in [1.29, 1.82) is 0 Å². The lowest BCUT2D eigenvalue weighted by atomic mass is 10.1. The van der Waals surface area contributed by atoms with Crippen LogP contribution in [0, 0.1) is 4.77 Å². The highest BCUT2D eigenvalue weighted by molar-refractivity contribution is 7.71. The maximum Gasteiger partial charge on any atom is 0.178 e. The number of nitrogens with one attached hydrogen (secondary N) is 1. The lowest BCUT2D eigenvalue weighted by Crippen LogP contribution is -2.19. The van der Waals surface area contributed by atoms with Gasteiger partial charge < -0.3 is 14.5 Å². The van der Waals surface area contributed by atoms with Gasteiger partial charge in [-0.2, -0.15) is 0 Å². The van der Waals surface area contributed by atoms with Crippen LogP contribution in [-0.4, -0.2) is 21.0 Å². The summed E-state index contributed by atoms with van der Waals surface area (Å²) in [4.78, 5) is 5.56. The highest BCUT2D eigenvalue weighted by Gasteiger charge is 2.18. The van der Waals surface area contributed by atoms with E-state index in [-0.39, 0.29) is 0 Å². The van der Waals surface area contributed by atoms with Crippen LogP contribution < -0.4 is 0 Å². The van der Waals surface area contributed by atoms with Gasteiger partial charge >= 0.3 is 0 Å². The Kier molecular flexibility index (Phi) is 3.15. The van der Waals surface area contributed by atoms with E-state index in [0.717, 1.165) is 46.0 Å². The molecule has 1 aromatic carbocycles. The minimum absolute atomic E-state index is 0.776. The second-order valence-electron chi connectivity index (χ2n) is 5.18. The van der Waals surface area contributed by atoms with Crippen molar-refractivity contribution in [3.05, 3.63) is 39.3 Å². The summed E-state index contributed by atoms with van der Waals surface area (Å²) in [7, 11) is 0. The van der Waals surface area contributed by atoms with Crippen molar-refractivity contribution < 1.29 is 0 Å². The lowest BCUT2D eigenvalue weighted by molar-refractivity contribution is 0.359. The van der Waals surface area contributed by atoms with E-state index in [4.69, 9.17) is 23.8 Å². The molecule has 0 atom stereocenters. The van der Waals surface area contributed by atoms with E-state index < -0.39 is 0 Å². The highest BCUT2D eigenvalue weighted by atomic mass is 35.5. The first kappa shape index (κ1) is 12.8. The zero-order chi connectivity index (χ0) is 13.6. The Bertz CT molecular complexity index is 722. The summed E-state index contributed by atoms with van der Waals surface area (Å²) >= 11 is 11.8. The monoisotopic (exact) mass is 293 g/mol. The fourth-order valence-electron chi connectivity index (χ4n) is 2.65. The van der Waals surface area contributed by atoms with E-state index in [1.807, 2.05) is 12.1 Å². The summed E-state index contributed by atoms with van der Waals surface area (Å²) in [6.45, 7) is 6.88. The maximum absolute atomic E-state index is 6.38. The predicted octanol–water partition coefficient (Wildman–Crippen LogP) is 4.09.